The summed E-state index contributed by atoms with van der Waals surface area (Å²) < 4.78 is 5.51. The van der Waals surface area contributed by atoms with Crippen LogP contribution in [0.1, 0.15) is 64.4 Å². The Labute approximate surface area is 157 Å². The Morgan fingerprint density at radius 1 is 0.963 bits per heavy atom. The van der Waals surface area contributed by atoms with E-state index < -0.39 is 0 Å². The van der Waals surface area contributed by atoms with Crippen molar-refractivity contribution in [3.63, 3.8) is 0 Å². The number of anilines is 1. The summed E-state index contributed by atoms with van der Waals surface area (Å²) >= 11 is 0. The fraction of sp³-hybridized carbons (Fsp3) is 0.238. The SMILES string of the molecule is CC(=O)c1ccc(C(=O)Nc2nnc(Cc3ccc(C(C)C)cc3)o2)cc1. The predicted molar refractivity (Wildman–Crippen MR) is 102 cm³/mol. The zero-order valence-electron chi connectivity index (χ0n) is 15.5. The lowest BCUT2D eigenvalue weighted by atomic mass is 10.0. The van der Waals surface area contributed by atoms with Crippen LogP contribution in [0.5, 0.6) is 0 Å². The van der Waals surface area contributed by atoms with Gasteiger partial charge in [0.05, 0.1) is 6.42 Å². The molecule has 1 aromatic heterocycles. The zero-order chi connectivity index (χ0) is 19.4. The van der Waals surface area contributed by atoms with E-state index in [1.807, 2.05) is 12.1 Å². The van der Waals surface area contributed by atoms with Crippen molar-refractivity contribution < 1.29 is 14.0 Å². The first-order valence-corrected chi connectivity index (χ1v) is 8.76. The molecule has 0 spiro atoms. The van der Waals surface area contributed by atoms with Gasteiger partial charge in [-0.25, -0.2) is 0 Å². The average Bonchev–Trinajstić information content (AvgIpc) is 3.09. The number of carbonyl (C=O) groups excluding carboxylic acids is 2. The van der Waals surface area contributed by atoms with Crippen LogP contribution in [0.4, 0.5) is 6.01 Å². The van der Waals surface area contributed by atoms with Crippen LogP contribution in [0.25, 0.3) is 0 Å². The van der Waals surface area contributed by atoms with Gasteiger partial charge >= 0.3 is 6.01 Å². The smallest absolute Gasteiger partial charge is 0.322 e. The van der Waals surface area contributed by atoms with Crippen molar-refractivity contribution in [3.05, 3.63) is 76.7 Å². The topological polar surface area (TPSA) is 85.1 Å². The Balaban J connectivity index is 1.63. The highest BCUT2D eigenvalue weighted by molar-refractivity contribution is 6.04. The molecule has 3 aromatic rings. The molecule has 0 aliphatic rings. The van der Waals surface area contributed by atoms with E-state index in [0.717, 1.165) is 5.56 Å². The van der Waals surface area contributed by atoms with Crippen LogP contribution in [-0.2, 0) is 6.42 Å². The normalized spacial score (nSPS) is 10.8. The average molecular weight is 363 g/mol. The van der Waals surface area contributed by atoms with Crippen LogP contribution >= 0.6 is 0 Å². The van der Waals surface area contributed by atoms with Gasteiger partial charge in [0, 0.05) is 11.1 Å². The third-order valence-corrected chi connectivity index (χ3v) is 4.24. The van der Waals surface area contributed by atoms with E-state index in [-0.39, 0.29) is 17.7 Å². The highest BCUT2D eigenvalue weighted by Gasteiger charge is 2.12. The van der Waals surface area contributed by atoms with Crippen LogP contribution in [-0.4, -0.2) is 21.9 Å². The number of ketones is 1. The highest BCUT2D eigenvalue weighted by Crippen LogP contribution is 2.17. The summed E-state index contributed by atoms with van der Waals surface area (Å²) in [4.78, 5) is 23.5. The number of hydrogen-bond donors (Lipinski definition) is 1. The minimum absolute atomic E-state index is 0.0458. The van der Waals surface area contributed by atoms with Gasteiger partial charge in [-0.05, 0) is 36.1 Å². The molecular weight excluding hydrogens is 342 g/mol. The lowest BCUT2D eigenvalue weighted by molar-refractivity contribution is 0.100. The number of rotatable bonds is 6. The third-order valence-electron chi connectivity index (χ3n) is 4.24. The fourth-order valence-corrected chi connectivity index (χ4v) is 2.60. The van der Waals surface area contributed by atoms with Gasteiger partial charge in [-0.15, -0.1) is 5.10 Å². The molecule has 0 saturated carbocycles. The van der Waals surface area contributed by atoms with Crippen LogP contribution in [0.2, 0.25) is 0 Å². The van der Waals surface area contributed by atoms with Crippen molar-refractivity contribution in [2.75, 3.05) is 5.32 Å². The molecule has 0 aliphatic carbocycles. The van der Waals surface area contributed by atoms with Crippen molar-refractivity contribution >= 4 is 17.7 Å². The predicted octanol–water partition coefficient (Wildman–Crippen LogP) is 4.24. The second-order valence-electron chi connectivity index (χ2n) is 6.66. The molecule has 1 heterocycles. The van der Waals surface area contributed by atoms with Crippen LogP contribution < -0.4 is 5.32 Å². The second-order valence-corrected chi connectivity index (χ2v) is 6.66. The van der Waals surface area contributed by atoms with Crippen LogP contribution in [0.3, 0.4) is 0 Å². The van der Waals surface area contributed by atoms with Gasteiger partial charge in [0.25, 0.3) is 5.91 Å². The molecule has 6 heteroatoms. The number of nitrogens with one attached hydrogen (secondary N) is 1. The molecule has 0 atom stereocenters. The van der Waals surface area contributed by atoms with Gasteiger partial charge in [-0.3, -0.25) is 14.9 Å². The van der Waals surface area contributed by atoms with E-state index in [2.05, 4.69) is 41.5 Å². The Morgan fingerprint density at radius 3 is 2.19 bits per heavy atom. The highest BCUT2D eigenvalue weighted by atomic mass is 16.4. The number of carbonyl (C=O) groups is 2. The monoisotopic (exact) mass is 363 g/mol. The summed E-state index contributed by atoms with van der Waals surface area (Å²) in [7, 11) is 0. The van der Waals surface area contributed by atoms with Gasteiger partial charge in [-0.2, -0.15) is 0 Å². The van der Waals surface area contributed by atoms with Crippen molar-refractivity contribution in [1.29, 1.82) is 0 Å². The standard InChI is InChI=1S/C21H21N3O3/c1-13(2)16-6-4-15(5-7-16)12-19-23-24-21(27-19)22-20(26)18-10-8-17(9-11-18)14(3)25/h4-11,13H,12H2,1-3H3,(H,22,24,26). The number of nitrogens with zero attached hydrogens (tertiary/aromatic N) is 2. The van der Waals surface area contributed by atoms with E-state index >= 15 is 0 Å². The maximum atomic E-state index is 12.2. The summed E-state index contributed by atoms with van der Waals surface area (Å²) in [5.74, 6) is 0.481. The maximum absolute atomic E-state index is 12.2. The van der Waals surface area contributed by atoms with Crippen molar-refractivity contribution in [2.24, 2.45) is 0 Å². The molecule has 0 aliphatic heterocycles. The lowest BCUT2D eigenvalue weighted by Gasteiger charge is -2.05. The Hall–Kier alpha value is -3.28. The van der Waals surface area contributed by atoms with E-state index in [0.29, 0.717) is 29.4 Å². The molecule has 0 bridgehead atoms. The third kappa shape index (κ3) is 4.67. The molecule has 0 fully saturated rings. The molecule has 0 unspecified atom stereocenters. The zero-order valence-corrected chi connectivity index (χ0v) is 15.5. The Kier molecular flexibility index (Phi) is 5.45. The maximum Gasteiger partial charge on any atom is 0.322 e. The molecule has 3 rings (SSSR count). The molecule has 1 amide bonds. The van der Waals surface area contributed by atoms with Crippen molar-refractivity contribution in [2.45, 2.75) is 33.1 Å². The summed E-state index contributed by atoms with van der Waals surface area (Å²) in [5.41, 5.74) is 3.29. The molecule has 2 aromatic carbocycles. The van der Waals surface area contributed by atoms with Gasteiger partial charge in [0.2, 0.25) is 5.89 Å². The fourth-order valence-electron chi connectivity index (χ4n) is 2.60. The molecule has 1 N–H and O–H groups in total. The summed E-state index contributed by atoms with van der Waals surface area (Å²) in [6.07, 6.45) is 0.495. The molecule has 0 saturated heterocycles. The van der Waals surface area contributed by atoms with Crippen LogP contribution in [0, 0.1) is 0 Å². The molecule has 27 heavy (non-hydrogen) atoms. The van der Waals surface area contributed by atoms with Crippen LogP contribution in [0.15, 0.2) is 52.9 Å². The van der Waals surface area contributed by atoms with Gasteiger partial charge in [-0.1, -0.05) is 55.3 Å². The molecule has 6 nitrogen and oxygen atoms in total. The largest absolute Gasteiger partial charge is 0.407 e. The number of benzene rings is 2. The molecule has 138 valence electrons. The van der Waals surface area contributed by atoms with E-state index in [1.165, 1.54) is 12.5 Å². The van der Waals surface area contributed by atoms with E-state index in [4.69, 9.17) is 4.42 Å². The first kappa shape index (κ1) is 18.5. The summed E-state index contributed by atoms with van der Waals surface area (Å²) in [6, 6.07) is 14.7. The second kappa shape index (κ2) is 7.95. The van der Waals surface area contributed by atoms with Gasteiger partial charge < -0.3 is 4.42 Å². The molecular formula is C21H21N3O3. The van der Waals surface area contributed by atoms with Gasteiger partial charge in [0.15, 0.2) is 5.78 Å². The van der Waals surface area contributed by atoms with Crippen molar-refractivity contribution in [3.8, 4) is 0 Å². The number of amides is 1. The first-order valence-electron chi connectivity index (χ1n) is 8.76. The first-order chi connectivity index (χ1) is 12.9. The lowest BCUT2D eigenvalue weighted by Crippen LogP contribution is -2.12. The summed E-state index contributed by atoms with van der Waals surface area (Å²) in [6.45, 7) is 5.77. The number of aromatic nitrogens is 2. The van der Waals surface area contributed by atoms with E-state index in [1.54, 1.807) is 24.3 Å². The molecule has 0 radical (unpaired) electrons. The van der Waals surface area contributed by atoms with Crippen molar-refractivity contribution in [1.82, 2.24) is 10.2 Å². The van der Waals surface area contributed by atoms with E-state index in [9.17, 15) is 9.59 Å². The quantitative estimate of drug-likeness (QED) is 0.662. The number of Topliss-reactive ketones (excluding diaryl/α,β-unsaturated/α-hetero) is 1. The Morgan fingerprint density at radius 2 is 1.59 bits per heavy atom. The minimum Gasteiger partial charge on any atom is -0.407 e. The minimum atomic E-state index is -0.374. The van der Waals surface area contributed by atoms with Gasteiger partial charge in [0.1, 0.15) is 0 Å². The Bertz CT molecular complexity index is 942. The summed E-state index contributed by atoms with van der Waals surface area (Å²) in [5, 5.41) is 10.4. The number of hydrogen-bond acceptors (Lipinski definition) is 5.